The van der Waals surface area contributed by atoms with Crippen LogP contribution < -0.4 is 5.56 Å². The third-order valence-corrected chi connectivity index (χ3v) is 4.25. The smallest absolute Gasteiger partial charge is 0.276 e. The van der Waals surface area contributed by atoms with Crippen LogP contribution in [0.4, 0.5) is 4.39 Å². The van der Waals surface area contributed by atoms with E-state index in [0.717, 1.165) is 24.1 Å². The maximum atomic E-state index is 13.8. The number of aromatic amines is 1. The van der Waals surface area contributed by atoms with Crippen molar-refractivity contribution in [3.05, 3.63) is 69.0 Å². The predicted molar refractivity (Wildman–Crippen MR) is 81.7 cm³/mol. The van der Waals surface area contributed by atoms with Gasteiger partial charge in [-0.05, 0) is 37.0 Å². The lowest BCUT2D eigenvalue weighted by Crippen LogP contribution is -2.23. The molecule has 5 heteroatoms. The molecule has 4 rings (SSSR count). The minimum absolute atomic E-state index is 0.0853. The molecule has 4 nitrogen and oxygen atoms in total. The molecule has 22 heavy (non-hydrogen) atoms. The lowest BCUT2D eigenvalue weighted by atomic mass is 10.0. The van der Waals surface area contributed by atoms with E-state index >= 15 is 0 Å². The van der Waals surface area contributed by atoms with Gasteiger partial charge in [0.1, 0.15) is 5.82 Å². The van der Waals surface area contributed by atoms with E-state index in [1.165, 1.54) is 10.6 Å². The van der Waals surface area contributed by atoms with Crippen LogP contribution in [0.3, 0.4) is 0 Å². The van der Waals surface area contributed by atoms with Crippen LogP contribution in [0.5, 0.6) is 0 Å². The van der Waals surface area contributed by atoms with Crippen LogP contribution in [-0.4, -0.2) is 14.6 Å². The van der Waals surface area contributed by atoms with E-state index < -0.39 is 0 Å². The van der Waals surface area contributed by atoms with Gasteiger partial charge in [-0.2, -0.15) is 0 Å². The summed E-state index contributed by atoms with van der Waals surface area (Å²) in [6.07, 6.45) is 4.26. The molecule has 1 aliphatic rings. The van der Waals surface area contributed by atoms with Crippen LogP contribution in [0.25, 0.3) is 5.65 Å². The molecule has 3 aromatic rings. The first kappa shape index (κ1) is 13.2. The molecule has 0 bridgehead atoms. The van der Waals surface area contributed by atoms with Gasteiger partial charge in [0, 0.05) is 30.2 Å². The van der Waals surface area contributed by atoms with Crippen molar-refractivity contribution >= 4 is 5.65 Å². The molecule has 112 valence electrons. The Kier molecular flexibility index (Phi) is 2.89. The van der Waals surface area contributed by atoms with E-state index in [-0.39, 0.29) is 11.4 Å². The van der Waals surface area contributed by atoms with Crippen LogP contribution in [-0.2, 0) is 6.42 Å². The number of nitrogens with one attached hydrogen (secondary N) is 1. The molecule has 1 N–H and O–H groups in total. The van der Waals surface area contributed by atoms with Gasteiger partial charge in [0.25, 0.3) is 5.56 Å². The number of hydrogen-bond donors (Lipinski definition) is 1. The van der Waals surface area contributed by atoms with E-state index in [4.69, 9.17) is 0 Å². The predicted octanol–water partition coefficient (Wildman–Crippen LogP) is 2.94. The van der Waals surface area contributed by atoms with E-state index in [9.17, 15) is 9.18 Å². The number of aryl methyl sites for hydroxylation is 1. The Balaban J connectivity index is 1.85. The van der Waals surface area contributed by atoms with Crippen molar-refractivity contribution in [3.8, 4) is 0 Å². The Morgan fingerprint density at radius 2 is 2.18 bits per heavy atom. The molecular weight excluding hydrogens is 281 g/mol. The molecule has 0 spiro atoms. The Hall–Kier alpha value is -2.43. The third-order valence-electron chi connectivity index (χ3n) is 4.25. The zero-order valence-electron chi connectivity index (χ0n) is 12.3. The Morgan fingerprint density at radius 1 is 1.36 bits per heavy atom. The summed E-state index contributed by atoms with van der Waals surface area (Å²) in [6.45, 7) is 1.73. The standard InChI is InChI=1S/C17H16FN3O/c1-10-2-3-11(9-14(10)18)8-13-16(12-4-5-12)20-15-6-7-19-21(15)17(13)22/h2-3,6-7,9,12,19H,4-5,8H2,1H3. The Labute approximate surface area is 126 Å². The van der Waals surface area contributed by atoms with Crippen molar-refractivity contribution in [2.24, 2.45) is 0 Å². The van der Waals surface area contributed by atoms with Gasteiger partial charge in [-0.3, -0.25) is 9.89 Å². The molecule has 2 heterocycles. The number of hydrogen-bond acceptors (Lipinski definition) is 2. The maximum absolute atomic E-state index is 13.8. The summed E-state index contributed by atoms with van der Waals surface area (Å²) < 4.78 is 15.2. The first-order valence-electron chi connectivity index (χ1n) is 7.47. The molecule has 0 amide bonds. The van der Waals surface area contributed by atoms with Crippen molar-refractivity contribution in [3.63, 3.8) is 0 Å². The van der Waals surface area contributed by atoms with Gasteiger partial charge in [0.15, 0.2) is 5.65 Å². The van der Waals surface area contributed by atoms with E-state index in [1.807, 2.05) is 6.07 Å². The van der Waals surface area contributed by atoms with Crippen LogP contribution >= 0.6 is 0 Å². The third kappa shape index (κ3) is 2.13. The normalized spacial score (nSPS) is 14.6. The van der Waals surface area contributed by atoms with E-state index in [2.05, 4.69) is 10.1 Å². The maximum Gasteiger partial charge on any atom is 0.276 e. The summed E-state index contributed by atoms with van der Waals surface area (Å²) in [5.74, 6) is 0.136. The lowest BCUT2D eigenvalue weighted by molar-refractivity contribution is 0.616. The van der Waals surface area contributed by atoms with Gasteiger partial charge in [0.2, 0.25) is 0 Å². The number of aromatic nitrogens is 3. The lowest BCUT2D eigenvalue weighted by Gasteiger charge is -2.09. The molecule has 0 saturated heterocycles. The minimum Gasteiger partial charge on any atom is -0.297 e. The molecule has 2 aromatic heterocycles. The fourth-order valence-corrected chi connectivity index (χ4v) is 2.82. The molecule has 1 aromatic carbocycles. The molecule has 1 saturated carbocycles. The summed E-state index contributed by atoms with van der Waals surface area (Å²) in [7, 11) is 0. The number of benzene rings is 1. The van der Waals surface area contributed by atoms with Crippen LogP contribution in [0, 0.1) is 12.7 Å². The summed E-state index contributed by atoms with van der Waals surface area (Å²) >= 11 is 0. The quantitative estimate of drug-likeness (QED) is 0.808. The van der Waals surface area contributed by atoms with Gasteiger partial charge in [-0.1, -0.05) is 12.1 Å². The van der Waals surface area contributed by atoms with Crippen molar-refractivity contribution in [2.45, 2.75) is 32.1 Å². The van der Waals surface area contributed by atoms with Crippen LogP contribution in [0.1, 0.15) is 41.1 Å². The first-order chi connectivity index (χ1) is 10.6. The molecule has 0 unspecified atom stereocenters. The van der Waals surface area contributed by atoms with Crippen molar-refractivity contribution in [2.75, 3.05) is 0 Å². The average Bonchev–Trinajstić information content (AvgIpc) is 3.23. The number of fused-ring (bicyclic) bond motifs is 1. The number of halogens is 1. The second kappa shape index (κ2) is 4.80. The monoisotopic (exact) mass is 297 g/mol. The average molecular weight is 297 g/mol. The van der Waals surface area contributed by atoms with Gasteiger partial charge in [0.05, 0.1) is 5.69 Å². The van der Waals surface area contributed by atoms with Gasteiger partial charge >= 0.3 is 0 Å². The van der Waals surface area contributed by atoms with Crippen LogP contribution in [0.2, 0.25) is 0 Å². The fraction of sp³-hybridized carbons (Fsp3) is 0.294. The van der Waals surface area contributed by atoms with E-state index in [1.54, 1.807) is 25.3 Å². The highest BCUT2D eigenvalue weighted by Crippen LogP contribution is 2.40. The van der Waals surface area contributed by atoms with Crippen molar-refractivity contribution in [1.82, 2.24) is 14.6 Å². The zero-order chi connectivity index (χ0) is 15.3. The van der Waals surface area contributed by atoms with Crippen LogP contribution in [0.15, 0.2) is 35.3 Å². The largest absolute Gasteiger partial charge is 0.297 e. The second-order valence-electron chi connectivity index (χ2n) is 5.97. The summed E-state index contributed by atoms with van der Waals surface area (Å²) in [5, 5.41) is 2.89. The second-order valence-corrected chi connectivity index (χ2v) is 5.97. The molecule has 0 radical (unpaired) electrons. The highest BCUT2D eigenvalue weighted by atomic mass is 19.1. The van der Waals surface area contributed by atoms with E-state index in [0.29, 0.717) is 29.1 Å². The highest BCUT2D eigenvalue weighted by Gasteiger charge is 2.30. The Bertz CT molecular complexity index is 921. The molecule has 1 fully saturated rings. The number of H-pyrrole nitrogens is 1. The minimum atomic E-state index is -0.237. The summed E-state index contributed by atoms with van der Waals surface area (Å²) in [5.41, 5.74) is 3.52. The fourth-order valence-electron chi connectivity index (χ4n) is 2.82. The zero-order valence-corrected chi connectivity index (χ0v) is 12.3. The first-order valence-corrected chi connectivity index (χ1v) is 7.47. The summed E-state index contributed by atoms with van der Waals surface area (Å²) in [4.78, 5) is 17.3. The van der Waals surface area contributed by atoms with Crippen molar-refractivity contribution < 1.29 is 4.39 Å². The molecule has 0 atom stereocenters. The van der Waals surface area contributed by atoms with Gasteiger partial charge in [-0.25, -0.2) is 13.9 Å². The molecule has 0 aliphatic heterocycles. The molecule has 1 aliphatic carbocycles. The van der Waals surface area contributed by atoms with Gasteiger partial charge < -0.3 is 0 Å². The topological polar surface area (TPSA) is 50.2 Å². The highest BCUT2D eigenvalue weighted by molar-refractivity contribution is 5.42. The summed E-state index contributed by atoms with van der Waals surface area (Å²) in [6, 6.07) is 6.93. The van der Waals surface area contributed by atoms with Crippen molar-refractivity contribution in [1.29, 1.82) is 0 Å². The Morgan fingerprint density at radius 3 is 2.91 bits per heavy atom. The molecular formula is C17H16FN3O. The van der Waals surface area contributed by atoms with Gasteiger partial charge in [-0.15, -0.1) is 0 Å². The SMILES string of the molecule is Cc1ccc(Cc2c(C3CC3)nc3cc[nH]n3c2=O)cc1F. The number of rotatable bonds is 3. The number of nitrogens with zero attached hydrogens (tertiary/aromatic N) is 2.